The first-order chi connectivity index (χ1) is 8.52. The van der Waals surface area contributed by atoms with Crippen molar-refractivity contribution in [1.29, 1.82) is 0 Å². The molecule has 0 saturated carbocycles. The third kappa shape index (κ3) is 4.94. The number of hydrogen-bond donors (Lipinski definition) is 3. The lowest BCUT2D eigenvalue weighted by Gasteiger charge is -2.14. The predicted octanol–water partition coefficient (Wildman–Crippen LogP) is 1.90. The first-order valence-corrected chi connectivity index (χ1v) is 6.27. The lowest BCUT2D eigenvalue weighted by molar-refractivity contribution is 0.146. The zero-order chi connectivity index (χ0) is 13.5. The summed E-state index contributed by atoms with van der Waals surface area (Å²) in [5.74, 6) is 1.11. The molecule has 0 aliphatic heterocycles. The van der Waals surface area contributed by atoms with E-state index in [0.717, 1.165) is 12.0 Å². The van der Waals surface area contributed by atoms with E-state index in [0.29, 0.717) is 24.8 Å². The summed E-state index contributed by atoms with van der Waals surface area (Å²) in [7, 11) is 1.53. The number of phenolic OH excluding ortho intramolecular Hbond substituents is 1. The van der Waals surface area contributed by atoms with Crippen molar-refractivity contribution >= 4 is 0 Å². The third-order valence-corrected chi connectivity index (χ3v) is 2.70. The SMILES string of the molecule is COc1cc(CNCC(O)CC(C)C)ccc1O. The lowest BCUT2D eigenvalue weighted by atomic mass is 10.1. The smallest absolute Gasteiger partial charge is 0.160 e. The number of aliphatic hydroxyl groups is 1. The van der Waals surface area contributed by atoms with Crippen LogP contribution in [0.5, 0.6) is 11.5 Å². The van der Waals surface area contributed by atoms with Crippen LogP contribution in [0.15, 0.2) is 18.2 Å². The number of aromatic hydroxyl groups is 1. The Morgan fingerprint density at radius 2 is 2.06 bits per heavy atom. The molecular weight excluding hydrogens is 230 g/mol. The first kappa shape index (κ1) is 14.8. The Morgan fingerprint density at radius 3 is 2.67 bits per heavy atom. The number of aliphatic hydroxyl groups excluding tert-OH is 1. The summed E-state index contributed by atoms with van der Waals surface area (Å²) in [6, 6.07) is 5.23. The van der Waals surface area contributed by atoms with Gasteiger partial charge in [-0.3, -0.25) is 0 Å². The molecule has 0 amide bonds. The second kappa shape index (κ2) is 7.24. The molecule has 0 radical (unpaired) electrons. The van der Waals surface area contributed by atoms with Crippen molar-refractivity contribution < 1.29 is 14.9 Å². The third-order valence-electron chi connectivity index (χ3n) is 2.70. The first-order valence-electron chi connectivity index (χ1n) is 6.27. The Hall–Kier alpha value is -1.26. The summed E-state index contributed by atoms with van der Waals surface area (Å²) in [4.78, 5) is 0. The second-order valence-electron chi connectivity index (χ2n) is 4.92. The molecule has 0 aromatic heterocycles. The van der Waals surface area contributed by atoms with E-state index in [1.54, 1.807) is 12.1 Å². The minimum atomic E-state index is -0.316. The Bertz CT molecular complexity index is 366. The molecule has 102 valence electrons. The van der Waals surface area contributed by atoms with Crippen molar-refractivity contribution in [2.75, 3.05) is 13.7 Å². The van der Waals surface area contributed by atoms with E-state index in [1.165, 1.54) is 7.11 Å². The topological polar surface area (TPSA) is 61.7 Å². The van der Waals surface area contributed by atoms with Gasteiger partial charge < -0.3 is 20.3 Å². The van der Waals surface area contributed by atoms with Gasteiger partial charge in [-0.15, -0.1) is 0 Å². The van der Waals surface area contributed by atoms with Gasteiger partial charge in [-0.2, -0.15) is 0 Å². The molecule has 0 heterocycles. The van der Waals surface area contributed by atoms with Crippen LogP contribution in [0.4, 0.5) is 0 Å². The van der Waals surface area contributed by atoms with Crippen LogP contribution in [0.25, 0.3) is 0 Å². The standard InChI is InChI=1S/C14H23NO3/c1-10(2)6-12(16)9-15-8-11-4-5-13(17)14(7-11)18-3/h4-5,7,10,12,15-17H,6,8-9H2,1-3H3. The highest BCUT2D eigenvalue weighted by molar-refractivity contribution is 5.41. The van der Waals surface area contributed by atoms with E-state index < -0.39 is 0 Å². The highest BCUT2D eigenvalue weighted by Crippen LogP contribution is 2.26. The minimum absolute atomic E-state index is 0.140. The molecule has 4 heteroatoms. The lowest BCUT2D eigenvalue weighted by Crippen LogP contribution is -2.27. The van der Waals surface area contributed by atoms with E-state index in [2.05, 4.69) is 19.2 Å². The number of nitrogens with one attached hydrogen (secondary N) is 1. The van der Waals surface area contributed by atoms with Crippen LogP contribution in [0.1, 0.15) is 25.8 Å². The number of phenols is 1. The molecule has 1 aromatic carbocycles. The molecular formula is C14H23NO3. The maximum absolute atomic E-state index is 9.72. The largest absolute Gasteiger partial charge is 0.504 e. The van der Waals surface area contributed by atoms with Crippen molar-refractivity contribution in [2.24, 2.45) is 5.92 Å². The molecule has 3 N–H and O–H groups in total. The number of methoxy groups -OCH3 is 1. The summed E-state index contributed by atoms with van der Waals surface area (Å²) >= 11 is 0. The van der Waals surface area contributed by atoms with Crippen molar-refractivity contribution in [3.8, 4) is 11.5 Å². The van der Waals surface area contributed by atoms with E-state index in [-0.39, 0.29) is 11.9 Å². The molecule has 1 unspecified atom stereocenters. The number of benzene rings is 1. The van der Waals surface area contributed by atoms with E-state index in [1.807, 2.05) is 6.07 Å². The van der Waals surface area contributed by atoms with Gasteiger partial charge in [-0.05, 0) is 30.0 Å². The molecule has 1 rings (SSSR count). The summed E-state index contributed by atoms with van der Waals surface area (Å²) < 4.78 is 5.04. The zero-order valence-electron chi connectivity index (χ0n) is 11.3. The van der Waals surface area contributed by atoms with Crippen molar-refractivity contribution in [2.45, 2.75) is 32.9 Å². The summed E-state index contributed by atoms with van der Waals surface area (Å²) in [6.07, 6.45) is 0.482. The number of hydrogen-bond acceptors (Lipinski definition) is 4. The number of ether oxygens (including phenoxy) is 1. The fraction of sp³-hybridized carbons (Fsp3) is 0.571. The van der Waals surface area contributed by atoms with Gasteiger partial charge in [0.25, 0.3) is 0 Å². The number of rotatable bonds is 7. The van der Waals surface area contributed by atoms with E-state index in [9.17, 15) is 10.2 Å². The van der Waals surface area contributed by atoms with Gasteiger partial charge in [0.05, 0.1) is 13.2 Å². The maximum Gasteiger partial charge on any atom is 0.160 e. The Kier molecular flexibility index (Phi) is 5.95. The minimum Gasteiger partial charge on any atom is -0.504 e. The summed E-state index contributed by atoms with van der Waals surface area (Å²) in [5, 5.41) is 22.4. The molecule has 0 spiro atoms. The van der Waals surface area contributed by atoms with Crippen molar-refractivity contribution in [3.05, 3.63) is 23.8 Å². The molecule has 0 aliphatic rings. The van der Waals surface area contributed by atoms with Crippen LogP contribution in [0.3, 0.4) is 0 Å². The highest BCUT2D eigenvalue weighted by Gasteiger charge is 2.07. The molecule has 0 bridgehead atoms. The normalized spacial score (nSPS) is 12.7. The summed E-state index contributed by atoms with van der Waals surface area (Å²) in [5.41, 5.74) is 1.02. The maximum atomic E-state index is 9.72. The monoisotopic (exact) mass is 253 g/mol. The average Bonchev–Trinajstić information content (AvgIpc) is 2.30. The van der Waals surface area contributed by atoms with Gasteiger partial charge in [0, 0.05) is 13.1 Å². The van der Waals surface area contributed by atoms with Gasteiger partial charge in [-0.25, -0.2) is 0 Å². The molecule has 4 nitrogen and oxygen atoms in total. The molecule has 0 aliphatic carbocycles. The van der Waals surface area contributed by atoms with Gasteiger partial charge in [-0.1, -0.05) is 19.9 Å². The quantitative estimate of drug-likeness (QED) is 0.694. The van der Waals surface area contributed by atoms with E-state index >= 15 is 0 Å². The molecule has 1 aromatic rings. The van der Waals surface area contributed by atoms with Gasteiger partial charge in [0.1, 0.15) is 0 Å². The van der Waals surface area contributed by atoms with Crippen LogP contribution >= 0.6 is 0 Å². The van der Waals surface area contributed by atoms with Crippen LogP contribution in [0.2, 0.25) is 0 Å². The van der Waals surface area contributed by atoms with E-state index in [4.69, 9.17) is 4.74 Å². The zero-order valence-corrected chi connectivity index (χ0v) is 11.3. The van der Waals surface area contributed by atoms with Crippen molar-refractivity contribution in [1.82, 2.24) is 5.32 Å². The average molecular weight is 253 g/mol. The fourth-order valence-corrected chi connectivity index (χ4v) is 1.84. The van der Waals surface area contributed by atoms with Crippen LogP contribution in [-0.4, -0.2) is 30.0 Å². The molecule has 1 atom stereocenters. The van der Waals surface area contributed by atoms with Gasteiger partial charge >= 0.3 is 0 Å². The van der Waals surface area contributed by atoms with Crippen LogP contribution in [0, 0.1) is 5.92 Å². The Morgan fingerprint density at radius 1 is 1.33 bits per heavy atom. The Balaban J connectivity index is 2.39. The van der Waals surface area contributed by atoms with Crippen LogP contribution in [-0.2, 0) is 6.54 Å². The fourth-order valence-electron chi connectivity index (χ4n) is 1.84. The Labute approximate surface area is 109 Å². The van der Waals surface area contributed by atoms with Gasteiger partial charge in [0.2, 0.25) is 0 Å². The molecule has 0 fully saturated rings. The summed E-state index contributed by atoms with van der Waals surface area (Å²) in [6.45, 7) is 5.40. The van der Waals surface area contributed by atoms with Crippen LogP contribution < -0.4 is 10.1 Å². The molecule has 18 heavy (non-hydrogen) atoms. The molecule has 0 saturated heterocycles. The van der Waals surface area contributed by atoms with Gasteiger partial charge in [0.15, 0.2) is 11.5 Å². The highest BCUT2D eigenvalue weighted by atomic mass is 16.5. The predicted molar refractivity (Wildman–Crippen MR) is 71.8 cm³/mol. The van der Waals surface area contributed by atoms with Crippen molar-refractivity contribution in [3.63, 3.8) is 0 Å². The second-order valence-corrected chi connectivity index (χ2v) is 4.92.